The van der Waals surface area contributed by atoms with Gasteiger partial charge in [0.15, 0.2) is 5.82 Å². The second kappa shape index (κ2) is 11.0. The lowest BCUT2D eigenvalue weighted by molar-refractivity contribution is -0.111. The van der Waals surface area contributed by atoms with Crippen LogP contribution in [0.2, 0.25) is 0 Å². The molecule has 2 aliphatic rings. The first-order valence-electron chi connectivity index (χ1n) is 12.4. The number of ether oxygens (including phenoxy) is 2. The molecule has 0 spiro atoms. The highest BCUT2D eigenvalue weighted by Gasteiger charge is 2.20. The van der Waals surface area contributed by atoms with E-state index in [1.165, 1.54) is 12.5 Å². The van der Waals surface area contributed by atoms with Gasteiger partial charge in [0.05, 0.1) is 43.6 Å². The molecule has 3 aromatic rings. The van der Waals surface area contributed by atoms with E-state index in [1.54, 1.807) is 18.0 Å². The van der Waals surface area contributed by atoms with Gasteiger partial charge in [0.2, 0.25) is 11.9 Å². The molecule has 194 valence electrons. The first-order valence-corrected chi connectivity index (χ1v) is 12.4. The van der Waals surface area contributed by atoms with Gasteiger partial charge in [-0.15, -0.1) is 0 Å². The SMILES string of the molecule is C=CC(=O)Nc1cc(Nc2ncc(C)c(-n3cc(CN4CCC4)cn3)n2)c(OC)cc1N1CCOCC1. The second-order valence-electron chi connectivity index (χ2n) is 9.11. The second-order valence-corrected chi connectivity index (χ2v) is 9.11. The van der Waals surface area contributed by atoms with Crippen LogP contribution in [0.5, 0.6) is 5.75 Å². The van der Waals surface area contributed by atoms with Crippen LogP contribution in [0.3, 0.4) is 0 Å². The number of methoxy groups -OCH3 is 1. The maximum Gasteiger partial charge on any atom is 0.247 e. The van der Waals surface area contributed by atoms with E-state index in [0.29, 0.717) is 55.2 Å². The maximum absolute atomic E-state index is 12.2. The van der Waals surface area contributed by atoms with Crippen LogP contribution in [0.15, 0.2) is 43.4 Å². The number of amides is 1. The zero-order chi connectivity index (χ0) is 25.8. The van der Waals surface area contributed by atoms with Crippen molar-refractivity contribution in [3.05, 3.63) is 54.5 Å². The summed E-state index contributed by atoms with van der Waals surface area (Å²) >= 11 is 0. The molecule has 2 aromatic heterocycles. The molecular formula is C26H32N8O3. The van der Waals surface area contributed by atoms with Crippen LogP contribution < -0.4 is 20.3 Å². The first kappa shape index (κ1) is 24.7. The zero-order valence-corrected chi connectivity index (χ0v) is 21.2. The minimum absolute atomic E-state index is 0.299. The summed E-state index contributed by atoms with van der Waals surface area (Å²) < 4.78 is 13.0. The van der Waals surface area contributed by atoms with Gasteiger partial charge in [-0.1, -0.05) is 6.58 Å². The number of carbonyl (C=O) groups excluding carboxylic acids is 1. The molecule has 0 bridgehead atoms. The fraction of sp³-hybridized carbons (Fsp3) is 0.385. The molecule has 0 radical (unpaired) electrons. The number of aryl methyl sites for hydroxylation is 1. The Morgan fingerprint density at radius 3 is 2.70 bits per heavy atom. The average molecular weight is 505 g/mol. The number of hydrogen-bond donors (Lipinski definition) is 2. The first-order chi connectivity index (χ1) is 18.0. The maximum atomic E-state index is 12.2. The van der Waals surface area contributed by atoms with Crippen molar-refractivity contribution in [1.29, 1.82) is 0 Å². The molecule has 4 heterocycles. The van der Waals surface area contributed by atoms with Gasteiger partial charge in [-0.05, 0) is 38.6 Å². The number of nitrogens with one attached hydrogen (secondary N) is 2. The number of carbonyl (C=O) groups is 1. The Bertz CT molecular complexity index is 1280. The van der Waals surface area contributed by atoms with Crippen LogP contribution >= 0.6 is 0 Å². The number of morpholine rings is 1. The molecule has 2 N–H and O–H groups in total. The van der Waals surface area contributed by atoms with Crippen LogP contribution in [-0.2, 0) is 16.1 Å². The van der Waals surface area contributed by atoms with Crippen LogP contribution in [0, 0.1) is 6.92 Å². The smallest absolute Gasteiger partial charge is 0.247 e. The lowest BCUT2D eigenvalue weighted by Crippen LogP contribution is -2.36. The van der Waals surface area contributed by atoms with Crippen molar-refractivity contribution < 1.29 is 14.3 Å². The van der Waals surface area contributed by atoms with Crippen LogP contribution in [0.25, 0.3) is 5.82 Å². The molecule has 5 rings (SSSR count). The summed E-state index contributed by atoms with van der Waals surface area (Å²) in [5.74, 6) is 1.38. The summed E-state index contributed by atoms with van der Waals surface area (Å²) in [5, 5.41) is 10.7. The molecule has 0 saturated carbocycles. The van der Waals surface area contributed by atoms with Gasteiger partial charge in [0.1, 0.15) is 5.75 Å². The van der Waals surface area contributed by atoms with E-state index >= 15 is 0 Å². The quantitative estimate of drug-likeness (QED) is 0.425. The highest BCUT2D eigenvalue weighted by Crippen LogP contribution is 2.38. The van der Waals surface area contributed by atoms with Gasteiger partial charge in [-0.25, -0.2) is 9.67 Å². The predicted octanol–water partition coefficient (Wildman–Crippen LogP) is 2.89. The average Bonchev–Trinajstić information content (AvgIpc) is 3.36. The molecule has 2 aliphatic heterocycles. The monoisotopic (exact) mass is 504 g/mol. The molecule has 1 amide bonds. The van der Waals surface area contributed by atoms with Crippen LogP contribution in [0.4, 0.5) is 23.0 Å². The lowest BCUT2D eigenvalue weighted by atomic mass is 10.1. The summed E-state index contributed by atoms with van der Waals surface area (Å²) in [5.41, 5.74) is 4.14. The van der Waals surface area contributed by atoms with Gasteiger partial charge in [0.25, 0.3) is 0 Å². The van der Waals surface area contributed by atoms with Gasteiger partial charge < -0.3 is 25.0 Å². The van der Waals surface area contributed by atoms with Gasteiger partial charge in [-0.3, -0.25) is 9.69 Å². The Hall–Kier alpha value is -3.96. The van der Waals surface area contributed by atoms with E-state index in [1.807, 2.05) is 31.5 Å². The standard InChI is InChI=1S/C26H32N8O3/c1-4-24(35)29-20-12-21(23(36-3)13-22(20)33-8-10-37-11-9-33)30-26-27-14-18(2)25(31-26)34-17-19(15-28-34)16-32-6-5-7-32/h4,12-15,17H,1,5-11,16H2,2-3H3,(H,29,35)(H,27,30,31). The summed E-state index contributed by atoms with van der Waals surface area (Å²) in [7, 11) is 1.61. The molecular weight excluding hydrogens is 472 g/mol. The van der Waals surface area contributed by atoms with Gasteiger partial charge >= 0.3 is 0 Å². The van der Waals surface area contributed by atoms with E-state index < -0.39 is 0 Å². The van der Waals surface area contributed by atoms with E-state index in [2.05, 4.69) is 37.1 Å². The normalized spacial score (nSPS) is 15.7. The summed E-state index contributed by atoms with van der Waals surface area (Å²) in [6.45, 7) is 11.3. The number of likely N-dealkylation sites (tertiary alicyclic amines) is 1. The zero-order valence-electron chi connectivity index (χ0n) is 21.2. The van der Waals surface area contributed by atoms with Crippen molar-refractivity contribution >= 4 is 28.9 Å². The highest BCUT2D eigenvalue weighted by atomic mass is 16.5. The molecule has 37 heavy (non-hydrogen) atoms. The van der Waals surface area contributed by atoms with Crippen molar-refractivity contribution in [2.24, 2.45) is 0 Å². The van der Waals surface area contributed by atoms with E-state index in [0.717, 1.165) is 36.4 Å². The minimum atomic E-state index is -0.299. The largest absolute Gasteiger partial charge is 0.494 e. The molecule has 2 fully saturated rings. The highest BCUT2D eigenvalue weighted by molar-refractivity contribution is 6.02. The number of hydrogen-bond acceptors (Lipinski definition) is 9. The van der Waals surface area contributed by atoms with E-state index in [-0.39, 0.29) is 5.91 Å². The van der Waals surface area contributed by atoms with E-state index in [9.17, 15) is 4.79 Å². The van der Waals surface area contributed by atoms with Crippen LogP contribution in [-0.4, -0.2) is 77.1 Å². The summed E-state index contributed by atoms with van der Waals surface area (Å²) in [6.07, 6.45) is 8.16. The minimum Gasteiger partial charge on any atom is -0.494 e. The Kier molecular flexibility index (Phi) is 7.33. The molecule has 11 heteroatoms. The molecule has 2 saturated heterocycles. The number of aromatic nitrogens is 4. The van der Waals surface area contributed by atoms with Crippen molar-refractivity contribution in [3.8, 4) is 11.6 Å². The Morgan fingerprint density at radius 2 is 2.00 bits per heavy atom. The van der Waals surface area contributed by atoms with E-state index in [4.69, 9.17) is 14.5 Å². The topological polar surface area (TPSA) is 110 Å². The van der Waals surface area contributed by atoms with Crippen molar-refractivity contribution in [1.82, 2.24) is 24.6 Å². The molecule has 11 nitrogen and oxygen atoms in total. The van der Waals surface area contributed by atoms with Crippen molar-refractivity contribution in [3.63, 3.8) is 0 Å². The number of rotatable bonds is 9. The third kappa shape index (κ3) is 5.57. The number of benzene rings is 1. The van der Waals surface area contributed by atoms with Gasteiger partial charge in [-0.2, -0.15) is 10.1 Å². The molecule has 0 unspecified atom stereocenters. The lowest BCUT2D eigenvalue weighted by Gasteiger charge is -2.31. The molecule has 1 aromatic carbocycles. The van der Waals surface area contributed by atoms with Crippen LogP contribution in [0.1, 0.15) is 17.5 Å². The number of nitrogens with zero attached hydrogens (tertiary/aromatic N) is 6. The Morgan fingerprint density at radius 1 is 1.19 bits per heavy atom. The fourth-order valence-electron chi connectivity index (χ4n) is 4.39. The Balaban J connectivity index is 1.44. The fourth-order valence-corrected chi connectivity index (χ4v) is 4.39. The summed E-state index contributed by atoms with van der Waals surface area (Å²) in [4.78, 5) is 26.0. The molecule has 0 atom stereocenters. The molecule has 0 aliphatic carbocycles. The van der Waals surface area contributed by atoms with Crippen molar-refractivity contribution in [2.45, 2.75) is 19.9 Å². The third-order valence-electron chi connectivity index (χ3n) is 6.51. The van der Waals surface area contributed by atoms with Crippen molar-refractivity contribution in [2.75, 3.05) is 62.0 Å². The summed E-state index contributed by atoms with van der Waals surface area (Å²) in [6, 6.07) is 3.73. The third-order valence-corrected chi connectivity index (χ3v) is 6.51. The van der Waals surface area contributed by atoms with Gasteiger partial charge in [0, 0.05) is 49.2 Å². The Labute approximate surface area is 216 Å². The predicted molar refractivity (Wildman–Crippen MR) is 142 cm³/mol. The number of anilines is 4.